The van der Waals surface area contributed by atoms with E-state index in [1.165, 1.54) is 4.90 Å². The highest BCUT2D eigenvalue weighted by Gasteiger charge is 2.24. The summed E-state index contributed by atoms with van der Waals surface area (Å²) in [4.78, 5) is 25.0. The van der Waals surface area contributed by atoms with E-state index < -0.39 is 6.04 Å². The quantitative estimate of drug-likeness (QED) is 0.762. The average molecular weight is 257 g/mol. The van der Waals surface area contributed by atoms with Gasteiger partial charge in [0.1, 0.15) is 0 Å². The molecule has 0 aliphatic carbocycles. The van der Waals surface area contributed by atoms with Crippen molar-refractivity contribution >= 4 is 11.8 Å². The highest BCUT2D eigenvalue weighted by molar-refractivity contribution is 5.87. The van der Waals surface area contributed by atoms with E-state index >= 15 is 0 Å². The zero-order chi connectivity index (χ0) is 14.5. The van der Waals surface area contributed by atoms with E-state index in [9.17, 15) is 9.59 Å². The molecule has 5 nitrogen and oxygen atoms in total. The molecule has 0 aromatic heterocycles. The molecule has 0 bridgehead atoms. The molecule has 0 rings (SSSR count). The second-order valence-corrected chi connectivity index (χ2v) is 5.90. The Bertz CT molecular complexity index is 297. The molecule has 0 saturated heterocycles. The van der Waals surface area contributed by atoms with E-state index in [0.717, 1.165) is 6.42 Å². The van der Waals surface area contributed by atoms with Crippen LogP contribution in [0.5, 0.6) is 0 Å². The number of likely N-dealkylation sites (N-methyl/N-ethyl adjacent to an activating group) is 1. The summed E-state index contributed by atoms with van der Waals surface area (Å²) in [5.41, 5.74) is 5.56. The molecule has 0 saturated carbocycles. The van der Waals surface area contributed by atoms with Crippen molar-refractivity contribution in [1.82, 2.24) is 10.2 Å². The summed E-state index contributed by atoms with van der Waals surface area (Å²) in [7, 11) is 1.60. The Morgan fingerprint density at radius 3 is 2.22 bits per heavy atom. The van der Waals surface area contributed by atoms with Gasteiger partial charge in [-0.2, -0.15) is 0 Å². The van der Waals surface area contributed by atoms with Gasteiger partial charge in [-0.1, -0.05) is 20.3 Å². The fraction of sp³-hybridized carbons (Fsp3) is 0.846. The topological polar surface area (TPSA) is 75.4 Å². The van der Waals surface area contributed by atoms with Gasteiger partial charge in [0, 0.05) is 12.6 Å². The number of nitrogens with one attached hydrogen (secondary N) is 1. The van der Waals surface area contributed by atoms with E-state index in [1.54, 1.807) is 7.05 Å². The van der Waals surface area contributed by atoms with Gasteiger partial charge < -0.3 is 16.0 Å². The van der Waals surface area contributed by atoms with Crippen molar-refractivity contribution in [2.24, 2.45) is 11.7 Å². The molecule has 0 aromatic carbocycles. The van der Waals surface area contributed by atoms with E-state index in [1.807, 2.05) is 34.6 Å². The fourth-order valence-corrected chi connectivity index (χ4v) is 1.50. The first kappa shape index (κ1) is 16.9. The van der Waals surface area contributed by atoms with Crippen LogP contribution in [0.15, 0.2) is 0 Å². The Morgan fingerprint density at radius 1 is 1.33 bits per heavy atom. The first-order valence-electron chi connectivity index (χ1n) is 6.40. The molecular weight excluding hydrogens is 230 g/mol. The van der Waals surface area contributed by atoms with Crippen LogP contribution in [0, 0.1) is 5.92 Å². The molecule has 106 valence electrons. The second-order valence-electron chi connectivity index (χ2n) is 5.90. The monoisotopic (exact) mass is 257 g/mol. The molecule has 2 unspecified atom stereocenters. The number of amides is 2. The first-order valence-corrected chi connectivity index (χ1v) is 6.40. The van der Waals surface area contributed by atoms with Gasteiger partial charge in [0.25, 0.3) is 0 Å². The molecule has 0 aliphatic heterocycles. The van der Waals surface area contributed by atoms with Gasteiger partial charge >= 0.3 is 0 Å². The molecule has 0 heterocycles. The van der Waals surface area contributed by atoms with Gasteiger partial charge in [0.15, 0.2) is 0 Å². The normalized spacial score (nSPS) is 14.8. The number of rotatable bonds is 5. The number of hydrogen-bond acceptors (Lipinski definition) is 3. The standard InChI is InChI=1S/C13H27N3O2/c1-7-9(2)11(14)12(18)16(6)8-10(17)15-13(3,4)5/h9,11H,7-8,14H2,1-6H3,(H,15,17). The Kier molecular flexibility index (Phi) is 6.32. The lowest BCUT2D eigenvalue weighted by molar-refractivity contribution is -0.137. The molecule has 0 aliphatic rings. The van der Waals surface area contributed by atoms with Gasteiger partial charge in [-0.3, -0.25) is 9.59 Å². The molecule has 0 fully saturated rings. The van der Waals surface area contributed by atoms with Crippen LogP contribution in [-0.4, -0.2) is 41.9 Å². The minimum atomic E-state index is -0.539. The SMILES string of the molecule is CCC(C)C(N)C(=O)N(C)CC(=O)NC(C)(C)C. The van der Waals surface area contributed by atoms with Gasteiger partial charge in [0.05, 0.1) is 12.6 Å². The van der Waals surface area contributed by atoms with Gasteiger partial charge in [-0.25, -0.2) is 0 Å². The number of carbonyl (C=O) groups is 2. The molecule has 2 atom stereocenters. The minimum Gasteiger partial charge on any atom is -0.350 e. The Morgan fingerprint density at radius 2 is 1.83 bits per heavy atom. The summed E-state index contributed by atoms with van der Waals surface area (Å²) in [6.45, 7) is 9.67. The van der Waals surface area contributed by atoms with Crippen LogP contribution in [0.4, 0.5) is 0 Å². The lowest BCUT2D eigenvalue weighted by Crippen LogP contribution is -2.50. The maximum absolute atomic E-state index is 12.0. The Hall–Kier alpha value is -1.10. The summed E-state index contributed by atoms with van der Waals surface area (Å²) in [6, 6.07) is -0.539. The van der Waals surface area contributed by atoms with Crippen LogP contribution in [0.2, 0.25) is 0 Å². The van der Waals surface area contributed by atoms with Crippen LogP contribution in [-0.2, 0) is 9.59 Å². The van der Waals surface area contributed by atoms with Crippen molar-refractivity contribution < 1.29 is 9.59 Å². The van der Waals surface area contributed by atoms with Crippen LogP contribution in [0.3, 0.4) is 0 Å². The van der Waals surface area contributed by atoms with Gasteiger partial charge in [-0.05, 0) is 26.7 Å². The maximum atomic E-state index is 12.0. The van der Waals surface area contributed by atoms with Crippen molar-refractivity contribution in [3.63, 3.8) is 0 Å². The average Bonchev–Trinajstić information content (AvgIpc) is 2.22. The fourth-order valence-electron chi connectivity index (χ4n) is 1.50. The van der Waals surface area contributed by atoms with Gasteiger partial charge in [-0.15, -0.1) is 0 Å². The molecule has 0 radical (unpaired) electrons. The van der Waals surface area contributed by atoms with Crippen molar-refractivity contribution in [3.8, 4) is 0 Å². The maximum Gasteiger partial charge on any atom is 0.240 e. The van der Waals surface area contributed by atoms with E-state index in [0.29, 0.717) is 0 Å². The number of nitrogens with two attached hydrogens (primary N) is 1. The Labute approximate surface area is 110 Å². The van der Waals surface area contributed by atoms with E-state index in [4.69, 9.17) is 5.73 Å². The molecule has 18 heavy (non-hydrogen) atoms. The van der Waals surface area contributed by atoms with Crippen LogP contribution in [0.1, 0.15) is 41.0 Å². The van der Waals surface area contributed by atoms with E-state index in [-0.39, 0.29) is 29.8 Å². The summed E-state index contributed by atoms with van der Waals surface area (Å²) >= 11 is 0. The predicted octanol–water partition coefficient (Wildman–Crippen LogP) is 0.733. The number of carbonyl (C=O) groups excluding carboxylic acids is 2. The lowest BCUT2D eigenvalue weighted by Gasteiger charge is -2.26. The summed E-state index contributed by atoms with van der Waals surface area (Å²) < 4.78 is 0. The smallest absolute Gasteiger partial charge is 0.240 e. The van der Waals surface area contributed by atoms with Crippen molar-refractivity contribution in [2.45, 2.75) is 52.6 Å². The van der Waals surface area contributed by atoms with Crippen LogP contribution >= 0.6 is 0 Å². The molecule has 3 N–H and O–H groups in total. The van der Waals surface area contributed by atoms with Crippen molar-refractivity contribution in [2.75, 3.05) is 13.6 Å². The Balaban J connectivity index is 4.36. The zero-order valence-electron chi connectivity index (χ0n) is 12.4. The van der Waals surface area contributed by atoms with Crippen molar-refractivity contribution in [1.29, 1.82) is 0 Å². The molecule has 0 aromatic rings. The zero-order valence-corrected chi connectivity index (χ0v) is 12.4. The third kappa shape index (κ3) is 6.00. The summed E-state index contributed by atoms with van der Waals surface area (Å²) in [5.74, 6) is -0.242. The number of nitrogens with zero attached hydrogens (tertiary/aromatic N) is 1. The van der Waals surface area contributed by atoms with Crippen molar-refractivity contribution in [3.05, 3.63) is 0 Å². The minimum absolute atomic E-state index is 0.0419. The van der Waals surface area contributed by atoms with E-state index in [2.05, 4.69) is 5.32 Å². The molecular formula is C13H27N3O2. The van der Waals surface area contributed by atoms with Crippen LogP contribution < -0.4 is 11.1 Å². The molecule has 2 amide bonds. The molecule has 5 heteroatoms. The number of hydrogen-bond donors (Lipinski definition) is 2. The van der Waals surface area contributed by atoms with Crippen LogP contribution in [0.25, 0.3) is 0 Å². The summed E-state index contributed by atoms with van der Waals surface area (Å²) in [5, 5.41) is 2.81. The van der Waals surface area contributed by atoms with Gasteiger partial charge in [0.2, 0.25) is 11.8 Å². The highest BCUT2D eigenvalue weighted by atomic mass is 16.2. The highest BCUT2D eigenvalue weighted by Crippen LogP contribution is 2.07. The lowest BCUT2D eigenvalue weighted by atomic mass is 9.99. The summed E-state index contributed by atoms with van der Waals surface area (Å²) in [6.07, 6.45) is 0.842. The second kappa shape index (κ2) is 6.73. The molecule has 0 spiro atoms. The first-order chi connectivity index (χ1) is 8.08. The largest absolute Gasteiger partial charge is 0.350 e. The predicted molar refractivity (Wildman–Crippen MR) is 73.0 cm³/mol. The third-order valence-corrected chi connectivity index (χ3v) is 2.81. The third-order valence-electron chi connectivity index (χ3n) is 2.81.